The van der Waals surface area contributed by atoms with Crippen molar-refractivity contribution in [2.75, 3.05) is 27.4 Å². The van der Waals surface area contributed by atoms with Crippen LogP contribution < -0.4 is 15.4 Å². The van der Waals surface area contributed by atoms with Crippen molar-refractivity contribution in [1.82, 2.24) is 40.4 Å². The number of methoxy groups -OCH3 is 2. The zero-order chi connectivity index (χ0) is 45.0. The number of rotatable bonds is 9. The van der Waals surface area contributed by atoms with Crippen molar-refractivity contribution in [3.05, 3.63) is 65.9 Å². The molecule has 16 heteroatoms. The molecule has 0 unspecified atom stereocenters. The number of alkyl carbamates (subject to hydrolysis) is 2. The zero-order valence-corrected chi connectivity index (χ0v) is 37.6. The van der Waals surface area contributed by atoms with E-state index in [1.165, 1.54) is 14.2 Å². The lowest BCUT2D eigenvalue weighted by Crippen LogP contribution is -2.58. The third kappa shape index (κ3) is 7.68. The fourth-order valence-electron chi connectivity index (χ4n) is 10.4. The number of carbonyl (C=O) groups is 4. The summed E-state index contributed by atoms with van der Waals surface area (Å²) in [4.78, 5) is 74.0. The Hall–Kier alpha value is -6.16. The smallest absolute Gasteiger partial charge is 0.407 e. The highest BCUT2D eigenvalue weighted by Gasteiger charge is 2.48. The van der Waals surface area contributed by atoms with Crippen LogP contribution in [0.4, 0.5) is 9.59 Å². The minimum atomic E-state index is -0.775. The molecule has 4 N–H and O–H groups in total. The van der Waals surface area contributed by atoms with E-state index in [9.17, 15) is 19.2 Å². The number of nitrogens with one attached hydrogen (secondary N) is 4. The number of carbonyl (C=O) groups excluding carboxylic acids is 4. The third-order valence-electron chi connectivity index (χ3n) is 14.2. The van der Waals surface area contributed by atoms with Crippen LogP contribution in [0.15, 0.2) is 48.7 Å². The van der Waals surface area contributed by atoms with Crippen molar-refractivity contribution < 1.29 is 38.1 Å². The fourth-order valence-corrected chi connectivity index (χ4v) is 10.4. The van der Waals surface area contributed by atoms with Gasteiger partial charge in [-0.2, -0.15) is 0 Å². The Balaban J connectivity index is 0.970. The molecule has 2 aromatic heterocycles. The van der Waals surface area contributed by atoms with Gasteiger partial charge in [0.05, 0.1) is 49.2 Å². The standard InChI is InChI=1S/C48H58N8O8/c1-25(2)39(53-46(59)61-6)44(57)55-26(3)8-14-36(55)42-49-23-35(51-42)29-10-12-31-30(20-29)24-64-38-22-32-28(21-33(31)38)11-13-34-40(32)52-43(50-34)37-15-9-27(4)56(37)45(58)41(54-47(60)62-7)48(5)16-18-63-19-17-48/h10-13,20-23,25-27,36-37,39,41H,8-9,14-19,24H2,1-7H3,(H,49,51)(H,50,52)(H,53,59)(H,54,60)/t26-,27-,36-,37-,39-,41+/m0/s1. The molecule has 9 rings (SSSR count). The van der Waals surface area contributed by atoms with Crippen LogP contribution in [0.2, 0.25) is 0 Å². The molecule has 6 atom stereocenters. The number of ether oxygens (including phenoxy) is 4. The predicted octanol–water partition coefficient (Wildman–Crippen LogP) is 7.69. The SMILES string of the molecule is COC(=O)N[C@H](C(=O)N1[C@@H](C)CC[C@H]1c1ncc(-c2ccc3c(c2)COc2cc4c(ccc5[nH]c([C@@H]6CC[C@H](C)N6C(=O)[C@@H](NC(=O)OC)C6(C)CCOCC6)nc54)cc2-3)[nH]1)C(C)C. The van der Waals surface area contributed by atoms with Gasteiger partial charge in [0.25, 0.3) is 0 Å². The maximum Gasteiger partial charge on any atom is 0.407 e. The van der Waals surface area contributed by atoms with Gasteiger partial charge >= 0.3 is 12.2 Å². The average Bonchev–Trinajstić information content (AvgIpc) is 4.12. The van der Waals surface area contributed by atoms with Crippen molar-refractivity contribution in [1.29, 1.82) is 0 Å². The van der Waals surface area contributed by atoms with Gasteiger partial charge < -0.3 is 49.3 Å². The lowest BCUT2D eigenvalue weighted by molar-refractivity contribution is -0.141. The zero-order valence-electron chi connectivity index (χ0n) is 37.6. The lowest BCUT2D eigenvalue weighted by Gasteiger charge is -2.42. The third-order valence-corrected chi connectivity index (χ3v) is 14.2. The quantitative estimate of drug-likeness (QED) is 0.114. The maximum absolute atomic E-state index is 14.6. The van der Waals surface area contributed by atoms with E-state index >= 15 is 0 Å². The monoisotopic (exact) mass is 874 g/mol. The van der Waals surface area contributed by atoms with Gasteiger partial charge in [-0.15, -0.1) is 0 Å². The average molecular weight is 875 g/mol. The number of fused-ring (bicyclic) bond motifs is 6. The first kappa shape index (κ1) is 43.1. The Morgan fingerprint density at radius 1 is 0.828 bits per heavy atom. The van der Waals surface area contributed by atoms with Gasteiger partial charge in [-0.1, -0.05) is 39.0 Å². The fraction of sp³-hybridized carbons (Fsp3) is 0.500. The molecule has 64 heavy (non-hydrogen) atoms. The minimum absolute atomic E-state index is 0.0190. The highest BCUT2D eigenvalue weighted by Crippen LogP contribution is 2.45. The van der Waals surface area contributed by atoms with E-state index < -0.39 is 29.7 Å². The molecule has 6 heterocycles. The van der Waals surface area contributed by atoms with Crippen molar-refractivity contribution in [2.45, 2.75) is 116 Å². The van der Waals surface area contributed by atoms with E-state index in [2.05, 4.69) is 63.9 Å². The summed E-state index contributed by atoms with van der Waals surface area (Å²) < 4.78 is 21.9. The number of benzene rings is 3. The van der Waals surface area contributed by atoms with E-state index in [-0.39, 0.29) is 41.9 Å². The van der Waals surface area contributed by atoms with Crippen LogP contribution in [0, 0.1) is 11.3 Å². The number of hydrogen-bond donors (Lipinski definition) is 4. The number of aromatic amines is 2. The van der Waals surface area contributed by atoms with Gasteiger partial charge in [0.1, 0.15) is 36.1 Å². The van der Waals surface area contributed by atoms with Crippen LogP contribution in [-0.2, 0) is 30.4 Å². The van der Waals surface area contributed by atoms with Gasteiger partial charge in [-0.3, -0.25) is 9.59 Å². The maximum atomic E-state index is 14.6. The summed E-state index contributed by atoms with van der Waals surface area (Å²) in [6.45, 7) is 11.4. The molecule has 5 aromatic rings. The molecule has 0 bridgehead atoms. The second-order valence-corrected chi connectivity index (χ2v) is 18.6. The molecule has 4 aliphatic heterocycles. The van der Waals surface area contributed by atoms with Crippen LogP contribution in [0.1, 0.15) is 102 Å². The molecule has 16 nitrogen and oxygen atoms in total. The van der Waals surface area contributed by atoms with Crippen LogP contribution in [-0.4, -0.2) is 105 Å². The van der Waals surface area contributed by atoms with Crippen LogP contribution in [0.5, 0.6) is 5.75 Å². The first-order valence-corrected chi connectivity index (χ1v) is 22.5. The molecule has 0 saturated carbocycles. The van der Waals surface area contributed by atoms with Gasteiger partial charge in [-0.25, -0.2) is 19.6 Å². The number of amides is 4. The van der Waals surface area contributed by atoms with Crippen molar-refractivity contribution in [3.8, 4) is 28.1 Å². The Labute approximate surface area is 372 Å². The summed E-state index contributed by atoms with van der Waals surface area (Å²) in [5.41, 5.74) is 6.08. The Kier molecular flexibility index (Phi) is 11.5. The van der Waals surface area contributed by atoms with E-state index in [0.717, 1.165) is 81.2 Å². The summed E-state index contributed by atoms with van der Waals surface area (Å²) in [5, 5.41) is 7.58. The molecule has 0 radical (unpaired) electrons. The van der Waals surface area contributed by atoms with E-state index in [0.29, 0.717) is 44.3 Å². The molecule has 4 aliphatic rings. The molecule has 0 aliphatic carbocycles. The Morgan fingerprint density at radius 3 is 2.22 bits per heavy atom. The number of imidazole rings is 2. The van der Waals surface area contributed by atoms with Crippen LogP contribution in [0.3, 0.4) is 0 Å². The largest absolute Gasteiger partial charge is 0.488 e. The second-order valence-electron chi connectivity index (χ2n) is 18.6. The molecule has 3 fully saturated rings. The van der Waals surface area contributed by atoms with Gasteiger partial charge in [0.2, 0.25) is 11.8 Å². The van der Waals surface area contributed by atoms with Crippen LogP contribution in [0.25, 0.3) is 44.2 Å². The second kappa shape index (κ2) is 17.1. The number of nitrogens with zero attached hydrogens (tertiary/aromatic N) is 4. The number of aromatic nitrogens is 4. The van der Waals surface area contributed by atoms with Crippen molar-refractivity contribution >= 4 is 45.8 Å². The lowest BCUT2D eigenvalue weighted by atomic mass is 9.75. The summed E-state index contributed by atoms with van der Waals surface area (Å²) in [5.74, 6) is 1.76. The van der Waals surface area contributed by atoms with E-state index in [1.54, 1.807) is 0 Å². The van der Waals surface area contributed by atoms with E-state index in [1.807, 2.05) is 49.8 Å². The van der Waals surface area contributed by atoms with Gasteiger partial charge in [0, 0.05) is 41.7 Å². The molecule has 4 amide bonds. The predicted molar refractivity (Wildman–Crippen MR) is 239 cm³/mol. The number of H-pyrrole nitrogens is 2. The molecular formula is C48H58N8O8. The summed E-state index contributed by atoms with van der Waals surface area (Å²) >= 11 is 0. The van der Waals surface area contributed by atoms with Crippen LogP contribution >= 0.6 is 0 Å². The highest BCUT2D eigenvalue weighted by molar-refractivity contribution is 6.07. The first-order valence-electron chi connectivity index (χ1n) is 22.5. The minimum Gasteiger partial charge on any atom is -0.488 e. The molecular weight excluding hydrogens is 817 g/mol. The highest BCUT2D eigenvalue weighted by atomic mass is 16.5. The number of hydrogen-bond acceptors (Lipinski definition) is 10. The van der Waals surface area contributed by atoms with Crippen molar-refractivity contribution in [2.24, 2.45) is 11.3 Å². The van der Waals surface area contributed by atoms with Crippen molar-refractivity contribution in [3.63, 3.8) is 0 Å². The van der Waals surface area contributed by atoms with Gasteiger partial charge in [-0.05, 0) is 105 Å². The Bertz CT molecular complexity index is 2610. The Morgan fingerprint density at radius 2 is 1.52 bits per heavy atom. The first-order chi connectivity index (χ1) is 30.8. The molecule has 3 saturated heterocycles. The normalized spacial score (nSPS) is 22.4. The summed E-state index contributed by atoms with van der Waals surface area (Å²) in [7, 11) is 2.61. The summed E-state index contributed by atoms with van der Waals surface area (Å²) in [6.07, 6.45) is 4.95. The molecule has 0 spiro atoms. The summed E-state index contributed by atoms with van der Waals surface area (Å²) in [6, 6.07) is 12.6. The van der Waals surface area contributed by atoms with Gasteiger partial charge in [0.15, 0.2) is 0 Å². The van der Waals surface area contributed by atoms with E-state index in [4.69, 9.17) is 28.9 Å². The molecule has 3 aromatic carbocycles. The number of likely N-dealkylation sites (tertiary alicyclic amines) is 2. The molecule has 338 valence electrons. The topological polar surface area (TPSA) is 193 Å².